The molecule has 4 aliphatic heterocycles. The van der Waals surface area contributed by atoms with Gasteiger partial charge < -0.3 is 29.5 Å². The summed E-state index contributed by atoms with van der Waals surface area (Å²) in [6, 6.07) is 11.7. The zero-order valence-corrected chi connectivity index (χ0v) is 27.1. The van der Waals surface area contributed by atoms with Crippen LogP contribution in [-0.2, 0) is 14.3 Å². The fraction of sp³-hybridized carbons (Fsp3) is 0.471. The standard InChI is InChI=1S/C34H37F2N9O4/c1-42-28(5-7-31(42)46)33(47)45-9-8-30(26(36)17-45)49-29-6-2-21(14-22(29)16-37)32-38-20-39-34(41-32)40-23-3-4-27(25(35)15-23)44-12-10-43(11-13-44)24-18-48-19-24/h2-4,6,14-15,20,24,26,28,30H,5,7-13,17-19H2,1H3,(H,38,39,40,41)/t26-,28?,30+/m1/s1. The van der Waals surface area contributed by atoms with Crippen molar-refractivity contribution in [3.63, 3.8) is 0 Å². The van der Waals surface area contributed by atoms with Gasteiger partial charge in [0.2, 0.25) is 17.8 Å². The largest absolute Gasteiger partial charge is 0.486 e. The maximum Gasteiger partial charge on any atom is 0.245 e. The normalized spacial score (nSPS) is 23.3. The van der Waals surface area contributed by atoms with Gasteiger partial charge in [0.1, 0.15) is 36.1 Å². The molecule has 0 radical (unpaired) electrons. The van der Waals surface area contributed by atoms with Crippen LogP contribution in [0.25, 0.3) is 11.4 Å². The highest BCUT2D eigenvalue weighted by molar-refractivity contribution is 5.90. The van der Waals surface area contributed by atoms with Gasteiger partial charge in [-0.15, -0.1) is 0 Å². The molecule has 1 N–H and O–H groups in total. The molecule has 1 aromatic heterocycles. The Hall–Kier alpha value is -4.94. The molecule has 3 atom stereocenters. The third-order valence-corrected chi connectivity index (χ3v) is 9.78. The Morgan fingerprint density at radius 3 is 2.57 bits per heavy atom. The number of halogens is 2. The van der Waals surface area contributed by atoms with Crippen LogP contribution < -0.4 is 15.0 Å². The highest BCUT2D eigenvalue weighted by Crippen LogP contribution is 2.30. The molecule has 13 nitrogen and oxygen atoms in total. The molecule has 0 aliphatic carbocycles. The second-order valence-corrected chi connectivity index (χ2v) is 12.8. The van der Waals surface area contributed by atoms with Gasteiger partial charge in [-0.1, -0.05) is 0 Å². The number of nitrogens with one attached hydrogen (secondary N) is 1. The van der Waals surface area contributed by atoms with Gasteiger partial charge in [0.15, 0.2) is 12.0 Å². The molecular formula is C34H37F2N9O4. The number of piperazine rings is 1. The maximum atomic E-state index is 15.3. The number of carbonyl (C=O) groups is 2. The molecule has 7 rings (SSSR count). The quantitative estimate of drug-likeness (QED) is 0.378. The number of carbonyl (C=O) groups excluding carboxylic acids is 2. The highest BCUT2D eigenvalue weighted by Gasteiger charge is 2.40. The number of likely N-dealkylation sites (N-methyl/N-ethyl adjacent to an activating group) is 1. The van der Waals surface area contributed by atoms with Gasteiger partial charge in [0, 0.05) is 63.9 Å². The minimum Gasteiger partial charge on any atom is -0.486 e. The van der Waals surface area contributed by atoms with Crippen molar-refractivity contribution in [2.75, 3.05) is 69.7 Å². The molecule has 3 aromatic rings. The lowest BCUT2D eigenvalue weighted by molar-refractivity contribution is -0.143. The monoisotopic (exact) mass is 673 g/mol. The molecule has 2 amide bonds. The molecule has 0 saturated carbocycles. The molecule has 2 aromatic carbocycles. The van der Waals surface area contributed by atoms with Crippen molar-refractivity contribution in [1.82, 2.24) is 29.7 Å². The van der Waals surface area contributed by atoms with E-state index in [1.807, 2.05) is 4.90 Å². The summed E-state index contributed by atoms with van der Waals surface area (Å²) in [5, 5.41) is 12.9. The average molecular weight is 674 g/mol. The van der Waals surface area contributed by atoms with Crippen molar-refractivity contribution in [2.24, 2.45) is 0 Å². The summed E-state index contributed by atoms with van der Waals surface area (Å²) in [4.78, 5) is 45.0. The first kappa shape index (κ1) is 32.6. The van der Waals surface area contributed by atoms with Crippen LogP contribution in [0.5, 0.6) is 5.75 Å². The van der Waals surface area contributed by atoms with Gasteiger partial charge in [-0.05, 0) is 42.8 Å². The number of anilines is 3. The molecule has 5 heterocycles. The number of alkyl halides is 1. The van der Waals surface area contributed by atoms with Crippen molar-refractivity contribution < 1.29 is 27.8 Å². The van der Waals surface area contributed by atoms with E-state index in [1.165, 1.54) is 22.2 Å². The summed E-state index contributed by atoms with van der Waals surface area (Å²) in [6.45, 7) is 4.87. The number of ether oxygens (including phenoxy) is 2. The first-order valence-electron chi connectivity index (χ1n) is 16.5. The van der Waals surface area contributed by atoms with Crippen LogP contribution in [0.2, 0.25) is 0 Å². The lowest BCUT2D eigenvalue weighted by Crippen LogP contribution is -2.56. The number of nitriles is 1. The number of rotatable bonds is 8. The Morgan fingerprint density at radius 2 is 1.90 bits per heavy atom. The Bertz CT molecular complexity index is 1760. The van der Waals surface area contributed by atoms with Crippen molar-refractivity contribution in [3.05, 3.63) is 54.1 Å². The van der Waals surface area contributed by atoms with E-state index < -0.39 is 18.3 Å². The smallest absolute Gasteiger partial charge is 0.245 e. The summed E-state index contributed by atoms with van der Waals surface area (Å²) < 4.78 is 41.7. The molecule has 15 heteroatoms. The average Bonchev–Trinajstić information content (AvgIpc) is 3.42. The Labute approximate surface area is 282 Å². The van der Waals surface area contributed by atoms with E-state index in [0.717, 1.165) is 39.4 Å². The van der Waals surface area contributed by atoms with Gasteiger partial charge in [-0.3, -0.25) is 14.5 Å². The minimum absolute atomic E-state index is 0.0913. The number of piperidine rings is 1. The van der Waals surface area contributed by atoms with E-state index in [2.05, 4.69) is 31.2 Å². The molecule has 0 bridgehead atoms. The molecule has 4 aliphatic rings. The van der Waals surface area contributed by atoms with Crippen LogP contribution in [0.1, 0.15) is 24.8 Å². The predicted octanol–water partition coefficient (Wildman–Crippen LogP) is 2.75. The van der Waals surface area contributed by atoms with Crippen LogP contribution in [0.3, 0.4) is 0 Å². The van der Waals surface area contributed by atoms with E-state index >= 15 is 8.78 Å². The molecule has 256 valence electrons. The van der Waals surface area contributed by atoms with Crippen molar-refractivity contribution in [2.45, 2.75) is 43.6 Å². The SMILES string of the molecule is CN1C(=O)CCC1C(=O)N1CC[C@H](Oc2ccc(-c3ncnc(Nc4ccc(N5CCN(C6COC6)CC5)c(F)c4)n3)cc2C#N)[C@H](F)C1. The minimum atomic E-state index is -1.47. The van der Waals surface area contributed by atoms with Crippen LogP contribution in [0, 0.1) is 17.1 Å². The molecule has 4 saturated heterocycles. The van der Waals surface area contributed by atoms with Gasteiger partial charge in [0.05, 0.1) is 37.1 Å². The number of hydrogen-bond acceptors (Lipinski definition) is 11. The zero-order valence-electron chi connectivity index (χ0n) is 27.1. The lowest BCUT2D eigenvalue weighted by Gasteiger charge is -2.43. The topological polar surface area (TPSA) is 140 Å². The first-order valence-corrected chi connectivity index (χ1v) is 16.5. The van der Waals surface area contributed by atoms with Crippen LogP contribution >= 0.6 is 0 Å². The van der Waals surface area contributed by atoms with E-state index in [9.17, 15) is 14.9 Å². The van der Waals surface area contributed by atoms with Gasteiger partial charge in [-0.25, -0.2) is 18.7 Å². The van der Waals surface area contributed by atoms with E-state index in [-0.39, 0.29) is 60.2 Å². The summed E-state index contributed by atoms with van der Waals surface area (Å²) in [6.07, 6.45) is -0.0257. The summed E-state index contributed by atoms with van der Waals surface area (Å²) in [7, 11) is 1.59. The highest BCUT2D eigenvalue weighted by atomic mass is 19.1. The van der Waals surface area contributed by atoms with Crippen molar-refractivity contribution in [3.8, 4) is 23.2 Å². The fourth-order valence-electron chi connectivity index (χ4n) is 6.77. The van der Waals surface area contributed by atoms with E-state index in [4.69, 9.17) is 9.47 Å². The van der Waals surface area contributed by atoms with Gasteiger partial charge >= 0.3 is 0 Å². The first-order chi connectivity index (χ1) is 23.8. The van der Waals surface area contributed by atoms with E-state index in [0.29, 0.717) is 35.8 Å². The summed E-state index contributed by atoms with van der Waals surface area (Å²) >= 11 is 0. The molecule has 4 fully saturated rings. The summed E-state index contributed by atoms with van der Waals surface area (Å²) in [5.41, 5.74) is 1.70. The molecule has 1 unspecified atom stereocenters. The zero-order chi connectivity index (χ0) is 34.1. The number of nitrogens with zero attached hydrogens (tertiary/aromatic N) is 8. The van der Waals surface area contributed by atoms with Crippen molar-refractivity contribution >= 4 is 29.1 Å². The van der Waals surface area contributed by atoms with Crippen LogP contribution in [0.15, 0.2) is 42.7 Å². The summed E-state index contributed by atoms with van der Waals surface area (Å²) in [5.74, 6) is -0.0124. The third kappa shape index (κ3) is 6.83. The lowest BCUT2D eigenvalue weighted by atomic mass is 10.0. The van der Waals surface area contributed by atoms with Gasteiger partial charge in [0.25, 0.3) is 0 Å². The third-order valence-electron chi connectivity index (χ3n) is 9.78. The Morgan fingerprint density at radius 1 is 1.08 bits per heavy atom. The second kappa shape index (κ2) is 13.9. The number of hydrogen-bond donors (Lipinski definition) is 1. The van der Waals surface area contributed by atoms with Gasteiger partial charge in [-0.2, -0.15) is 10.2 Å². The van der Waals surface area contributed by atoms with Crippen LogP contribution in [-0.4, -0.2) is 125 Å². The Kier molecular flexibility index (Phi) is 9.24. The number of aromatic nitrogens is 3. The molecular weight excluding hydrogens is 636 g/mol. The Balaban J connectivity index is 0.972. The maximum absolute atomic E-state index is 15.3. The fourth-order valence-corrected chi connectivity index (χ4v) is 6.77. The number of likely N-dealkylation sites (tertiary alicyclic amines) is 2. The van der Waals surface area contributed by atoms with Crippen molar-refractivity contribution in [1.29, 1.82) is 5.26 Å². The van der Waals surface area contributed by atoms with E-state index in [1.54, 1.807) is 37.4 Å². The number of amides is 2. The second-order valence-electron chi connectivity index (χ2n) is 12.8. The molecule has 49 heavy (non-hydrogen) atoms. The predicted molar refractivity (Wildman–Crippen MR) is 174 cm³/mol. The molecule has 0 spiro atoms. The van der Waals surface area contributed by atoms with Crippen LogP contribution in [0.4, 0.5) is 26.1 Å². The number of benzene rings is 2.